The Morgan fingerprint density at radius 2 is 2.15 bits per heavy atom. The van der Waals surface area contributed by atoms with Gasteiger partial charge in [0.1, 0.15) is 0 Å². The van der Waals surface area contributed by atoms with Crippen LogP contribution in [0.15, 0.2) is 0 Å². The summed E-state index contributed by atoms with van der Waals surface area (Å²) in [4.78, 5) is 0. The van der Waals surface area contributed by atoms with Crippen molar-refractivity contribution in [2.45, 2.75) is 50.9 Å². The Balaban J connectivity index is 2.08. The maximum absolute atomic E-state index is 9.72. The lowest BCUT2D eigenvalue weighted by Crippen LogP contribution is -2.49. The van der Waals surface area contributed by atoms with Gasteiger partial charge < -0.3 is 15.2 Å². The zero-order valence-corrected chi connectivity index (χ0v) is 8.84. The number of rotatable bonds is 5. The van der Waals surface area contributed by atoms with Gasteiger partial charge in [-0.2, -0.15) is 0 Å². The van der Waals surface area contributed by atoms with Gasteiger partial charge in [-0.25, -0.2) is 0 Å². The molecule has 3 heteroatoms. The van der Waals surface area contributed by atoms with Crippen LogP contribution in [0.25, 0.3) is 0 Å². The molecule has 0 saturated heterocycles. The number of aliphatic hydroxyl groups is 1. The Bertz CT molecular complexity index is 153. The molecule has 1 aliphatic rings. The molecule has 0 amide bonds. The number of nitrogens with one attached hydrogen (secondary N) is 1. The van der Waals surface area contributed by atoms with Gasteiger partial charge in [-0.15, -0.1) is 0 Å². The van der Waals surface area contributed by atoms with Crippen molar-refractivity contribution in [1.29, 1.82) is 0 Å². The van der Waals surface area contributed by atoms with E-state index in [4.69, 9.17) is 4.74 Å². The molecule has 78 valence electrons. The predicted molar refractivity (Wildman–Crippen MR) is 52.7 cm³/mol. The lowest BCUT2D eigenvalue weighted by atomic mass is 9.88. The summed E-state index contributed by atoms with van der Waals surface area (Å²) in [5.74, 6) is 0. The fraction of sp³-hybridized carbons (Fsp3) is 1.00. The summed E-state index contributed by atoms with van der Waals surface area (Å²) in [6.45, 7) is 4.55. The van der Waals surface area contributed by atoms with E-state index in [1.165, 1.54) is 0 Å². The summed E-state index contributed by atoms with van der Waals surface area (Å²) in [5, 5.41) is 13.1. The number of ether oxygens (including phenoxy) is 1. The Labute approximate surface area is 80.5 Å². The molecule has 1 rings (SSSR count). The molecule has 0 spiro atoms. The maximum atomic E-state index is 9.72. The Morgan fingerprint density at radius 3 is 2.62 bits per heavy atom. The second-order valence-corrected chi connectivity index (χ2v) is 4.26. The molecular formula is C10H21NO2. The van der Waals surface area contributed by atoms with Crippen molar-refractivity contribution in [2.75, 3.05) is 13.7 Å². The monoisotopic (exact) mass is 187 g/mol. The normalized spacial score (nSPS) is 32.3. The van der Waals surface area contributed by atoms with Crippen LogP contribution in [0.4, 0.5) is 0 Å². The van der Waals surface area contributed by atoms with E-state index in [1.54, 1.807) is 7.11 Å². The second kappa shape index (κ2) is 4.40. The van der Waals surface area contributed by atoms with Gasteiger partial charge in [0.15, 0.2) is 0 Å². The summed E-state index contributed by atoms with van der Waals surface area (Å²) in [7, 11) is 1.75. The minimum absolute atomic E-state index is 0.434. The molecule has 0 aliphatic heterocycles. The van der Waals surface area contributed by atoms with E-state index in [1.807, 2.05) is 13.8 Å². The first-order valence-corrected chi connectivity index (χ1v) is 5.06. The highest BCUT2D eigenvalue weighted by Gasteiger charge is 2.30. The van der Waals surface area contributed by atoms with Gasteiger partial charge in [0, 0.05) is 19.7 Å². The van der Waals surface area contributed by atoms with Crippen LogP contribution < -0.4 is 5.32 Å². The number of hydrogen-bond donors (Lipinski definition) is 2. The van der Waals surface area contributed by atoms with E-state index in [0.717, 1.165) is 19.3 Å². The lowest BCUT2D eigenvalue weighted by Gasteiger charge is -2.36. The quantitative estimate of drug-likeness (QED) is 0.672. The van der Waals surface area contributed by atoms with Crippen molar-refractivity contribution < 1.29 is 9.84 Å². The summed E-state index contributed by atoms with van der Waals surface area (Å²) in [6.07, 6.45) is 3.39. The Morgan fingerprint density at radius 1 is 1.54 bits per heavy atom. The van der Waals surface area contributed by atoms with Gasteiger partial charge in [-0.05, 0) is 26.2 Å². The van der Waals surface area contributed by atoms with E-state index >= 15 is 0 Å². The predicted octanol–water partition coefficient (Wildman–Crippen LogP) is 0.914. The minimum atomic E-state index is -0.557. The van der Waals surface area contributed by atoms with Crippen molar-refractivity contribution in [2.24, 2.45) is 0 Å². The third-order valence-corrected chi connectivity index (χ3v) is 2.96. The van der Waals surface area contributed by atoms with E-state index < -0.39 is 5.60 Å². The van der Waals surface area contributed by atoms with Gasteiger partial charge in [-0.1, -0.05) is 6.92 Å². The molecule has 0 aromatic carbocycles. The first-order chi connectivity index (χ1) is 6.07. The van der Waals surface area contributed by atoms with Crippen LogP contribution in [-0.2, 0) is 4.74 Å². The van der Waals surface area contributed by atoms with Crippen molar-refractivity contribution in [3.05, 3.63) is 0 Å². The summed E-state index contributed by atoms with van der Waals surface area (Å²) in [5.41, 5.74) is -0.557. The van der Waals surface area contributed by atoms with Crippen LogP contribution in [0.2, 0.25) is 0 Å². The summed E-state index contributed by atoms with van der Waals surface area (Å²) in [6, 6.07) is 0.544. The van der Waals surface area contributed by atoms with Gasteiger partial charge in [-0.3, -0.25) is 0 Å². The first kappa shape index (κ1) is 11.0. The first-order valence-electron chi connectivity index (χ1n) is 5.06. The largest absolute Gasteiger partial charge is 0.389 e. The van der Waals surface area contributed by atoms with E-state index in [9.17, 15) is 5.11 Å². The smallest absolute Gasteiger partial charge is 0.0741 e. The molecular weight excluding hydrogens is 166 g/mol. The molecule has 1 atom stereocenters. The fourth-order valence-corrected chi connectivity index (χ4v) is 1.41. The lowest BCUT2D eigenvalue weighted by molar-refractivity contribution is 0.00211. The maximum Gasteiger partial charge on any atom is 0.0741 e. The van der Waals surface area contributed by atoms with Crippen LogP contribution in [0, 0.1) is 0 Å². The van der Waals surface area contributed by atoms with Crippen molar-refractivity contribution in [3.8, 4) is 0 Å². The second-order valence-electron chi connectivity index (χ2n) is 4.26. The van der Waals surface area contributed by atoms with Crippen LogP contribution in [-0.4, -0.2) is 36.5 Å². The van der Waals surface area contributed by atoms with E-state index in [2.05, 4.69) is 5.32 Å². The fourth-order valence-electron chi connectivity index (χ4n) is 1.41. The van der Waals surface area contributed by atoms with Crippen molar-refractivity contribution in [3.63, 3.8) is 0 Å². The Kier molecular flexibility index (Phi) is 3.71. The van der Waals surface area contributed by atoms with E-state index in [0.29, 0.717) is 18.7 Å². The third kappa shape index (κ3) is 3.25. The van der Waals surface area contributed by atoms with Gasteiger partial charge >= 0.3 is 0 Å². The van der Waals surface area contributed by atoms with Crippen molar-refractivity contribution in [1.82, 2.24) is 5.32 Å². The standard InChI is InChI=1S/C10H21NO2/c1-4-10(2,12)7-11-8-5-9(6-8)13-3/h8-9,11-12H,4-7H2,1-3H3. The molecule has 0 aromatic heterocycles. The van der Waals surface area contributed by atoms with Gasteiger partial charge in [0.05, 0.1) is 11.7 Å². The highest BCUT2D eigenvalue weighted by atomic mass is 16.5. The molecule has 1 fully saturated rings. The molecule has 1 unspecified atom stereocenters. The average molecular weight is 187 g/mol. The van der Waals surface area contributed by atoms with E-state index in [-0.39, 0.29) is 0 Å². The zero-order valence-electron chi connectivity index (χ0n) is 8.84. The SMILES string of the molecule is CCC(C)(O)CNC1CC(OC)C1. The highest BCUT2D eigenvalue weighted by molar-refractivity contribution is 4.87. The molecule has 1 aliphatic carbocycles. The zero-order chi connectivity index (χ0) is 9.90. The van der Waals surface area contributed by atoms with Crippen LogP contribution in [0.1, 0.15) is 33.1 Å². The minimum Gasteiger partial charge on any atom is -0.389 e. The molecule has 13 heavy (non-hydrogen) atoms. The summed E-state index contributed by atoms with van der Waals surface area (Å²) < 4.78 is 5.17. The molecule has 0 radical (unpaired) electrons. The molecule has 1 saturated carbocycles. The van der Waals surface area contributed by atoms with Crippen LogP contribution in [0.5, 0.6) is 0 Å². The average Bonchev–Trinajstić information content (AvgIpc) is 2.02. The van der Waals surface area contributed by atoms with Crippen LogP contribution >= 0.6 is 0 Å². The van der Waals surface area contributed by atoms with Gasteiger partial charge in [0.2, 0.25) is 0 Å². The molecule has 0 bridgehead atoms. The van der Waals surface area contributed by atoms with Crippen LogP contribution in [0.3, 0.4) is 0 Å². The van der Waals surface area contributed by atoms with Gasteiger partial charge in [0.25, 0.3) is 0 Å². The number of hydrogen-bond acceptors (Lipinski definition) is 3. The molecule has 2 N–H and O–H groups in total. The Hall–Kier alpha value is -0.120. The third-order valence-electron chi connectivity index (χ3n) is 2.96. The topological polar surface area (TPSA) is 41.5 Å². The molecule has 3 nitrogen and oxygen atoms in total. The highest BCUT2D eigenvalue weighted by Crippen LogP contribution is 2.23. The number of methoxy groups -OCH3 is 1. The summed E-state index contributed by atoms with van der Waals surface area (Å²) >= 11 is 0. The molecule has 0 aromatic rings. The van der Waals surface area contributed by atoms with Crippen molar-refractivity contribution >= 4 is 0 Å². The molecule has 0 heterocycles.